The van der Waals surface area contributed by atoms with Gasteiger partial charge in [0.05, 0.1) is 24.2 Å². The third-order valence-corrected chi connectivity index (χ3v) is 9.38. The van der Waals surface area contributed by atoms with Crippen LogP contribution < -0.4 is 20.9 Å². The fraction of sp³-hybridized carbons (Fsp3) is 0.407. The molecular formula is C27H32ClN5O4S. The van der Waals surface area contributed by atoms with Gasteiger partial charge in [-0.05, 0) is 55.2 Å². The smallest absolute Gasteiger partial charge is 0.316 e. The van der Waals surface area contributed by atoms with E-state index in [2.05, 4.69) is 12.0 Å². The molecule has 0 amide bonds. The highest BCUT2D eigenvalue weighted by Gasteiger charge is 2.39. The van der Waals surface area contributed by atoms with Gasteiger partial charge in [0.1, 0.15) is 5.69 Å². The monoisotopic (exact) mass is 557 g/mol. The highest BCUT2D eigenvalue weighted by molar-refractivity contribution is 7.88. The SMILES string of the molecule is Cc1cc(CS(=O)(=O)N2CCN(c3cnn(-c4cccc(Cl)c4)c(=O)c3OCC3(C)CC3)CC2)ccc1N. The number of rotatable bonds is 8. The summed E-state index contributed by atoms with van der Waals surface area (Å²) >= 11 is 6.14. The molecule has 1 saturated carbocycles. The Bertz CT molecular complexity index is 1510. The van der Waals surface area contributed by atoms with Crippen molar-refractivity contribution in [3.05, 3.63) is 75.2 Å². The van der Waals surface area contributed by atoms with Crippen molar-refractivity contribution in [1.82, 2.24) is 14.1 Å². The molecule has 0 atom stereocenters. The van der Waals surface area contributed by atoms with Gasteiger partial charge in [-0.1, -0.05) is 36.7 Å². The van der Waals surface area contributed by atoms with Crippen LogP contribution in [0.25, 0.3) is 5.69 Å². The van der Waals surface area contributed by atoms with Gasteiger partial charge in [-0.3, -0.25) is 4.79 Å². The lowest BCUT2D eigenvalue weighted by Crippen LogP contribution is -2.49. The number of nitrogens with two attached hydrogens (primary N) is 1. The van der Waals surface area contributed by atoms with Crippen molar-refractivity contribution in [2.24, 2.45) is 5.41 Å². The number of nitrogen functional groups attached to an aromatic ring is 1. The maximum Gasteiger partial charge on any atom is 0.316 e. The van der Waals surface area contributed by atoms with Crippen LogP contribution in [-0.2, 0) is 15.8 Å². The maximum absolute atomic E-state index is 13.6. The Hall–Kier alpha value is -3.08. The van der Waals surface area contributed by atoms with E-state index in [4.69, 9.17) is 22.1 Å². The molecule has 0 unspecified atom stereocenters. The van der Waals surface area contributed by atoms with E-state index in [1.165, 1.54) is 8.99 Å². The number of ether oxygens (including phenoxy) is 1. The lowest BCUT2D eigenvalue weighted by Gasteiger charge is -2.35. The summed E-state index contributed by atoms with van der Waals surface area (Å²) in [5, 5.41) is 4.91. The summed E-state index contributed by atoms with van der Waals surface area (Å²) in [6, 6.07) is 12.2. The Kier molecular flexibility index (Phi) is 7.15. The Labute approximate surface area is 227 Å². The van der Waals surface area contributed by atoms with Gasteiger partial charge in [-0.15, -0.1) is 0 Å². The molecule has 2 aromatic carbocycles. The fourth-order valence-corrected chi connectivity index (χ4v) is 6.21. The molecule has 1 aliphatic heterocycles. The number of piperazine rings is 1. The van der Waals surface area contributed by atoms with E-state index in [1.54, 1.807) is 42.6 Å². The van der Waals surface area contributed by atoms with E-state index in [0.717, 1.165) is 18.4 Å². The number of hydrogen-bond donors (Lipinski definition) is 1. The summed E-state index contributed by atoms with van der Waals surface area (Å²) in [5.41, 5.74) is 8.89. The summed E-state index contributed by atoms with van der Waals surface area (Å²) in [6.07, 6.45) is 3.73. The molecule has 38 heavy (non-hydrogen) atoms. The third-order valence-electron chi connectivity index (χ3n) is 7.29. The summed E-state index contributed by atoms with van der Waals surface area (Å²) in [6.45, 7) is 5.85. The van der Waals surface area contributed by atoms with Crippen molar-refractivity contribution >= 4 is 33.0 Å². The first kappa shape index (κ1) is 26.5. The molecule has 3 aromatic rings. The molecule has 0 spiro atoms. The Morgan fingerprint density at radius 3 is 2.50 bits per heavy atom. The highest BCUT2D eigenvalue weighted by Crippen LogP contribution is 2.45. The molecule has 2 fully saturated rings. The van der Waals surface area contributed by atoms with Crippen LogP contribution in [0.5, 0.6) is 5.75 Å². The standard InChI is InChI=1S/C27H32ClN5O4S/c1-19-14-20(6-7-23(19)29)17-38(35,36)32-12-10-31(11-13-32)24-16-30-33(22-5-3-4-21(28)15-22)26(34)25(24)37-18-27(2)8-9-27/h3-7,14-16H,8-13,17-18,29H2,1-2H3. The number of sulfonamides is 1. The number of halogens is 1. The predicted octanol–water partition coefficient (Wildman–Crippen LogP) is 3.61. The zero-order valence-electron chi connectivity index (χ0n) is 21.6. The van der Waals surface area contributed by atoms with Gasteiger partial charge in [0, 0.05) is 42.3 Å². The minimum Gasteiger partial charge on any atom is -0.486 e. The van der Waals surface area contributed by atoms with Crippen LogP contribution in [0.15, 0.2) is 53.5 Å². The van der Waals surface area contributed by atoms with Gasteiger partial charge < -0.3 is 15.4 Å². The molecule has 1 aromatic heterocycles. The van der Waals surface area contributed by atoms with Gasteiger partial charge in [0.2, 0.25) is 15.8 Å². The second kappa shape index (κ2) is 10.2. The summed E-state index contributed by atoms with van der Waals surface area (Å²) < 4.78 is 35.2. The number of benzene rings is 2. The van der Waals surface area contributed by atoms with Gasteiger partial charge in [-0.2, -0.15) is 14.1 Å². The molecule has 9 nitrogen and oxygen atoms in total. The molecule has 0 radical (unpaired) electrons. The maximum atomic E-state index is 13.6. The van der Waals surface area contributed by atoms with Crippen LogP contribution in [0.3, 0.4) is 0 Å². The average molecular weight is 558 g/mol. The number of aromatic nitrogens is 2. The Balaban J connectivity index is 1.36. The molecule has 2 aliphatic rings. The third kappa shape index (κ3) is 5.67. The molecule has 1 aliphatic carbocycles. The number of hydrogen-bond acceptors (Lipinski definition) is 7. The van der Waals surface area contributed by atoms with E-state index >= 15 is 0 Å². The van der Waals surface area contributed by atoms with Crippen LogP contribution in [0.4, 0.5) is 11.4 Å². The van der Waals surface area contributed by atoms with Crippen molar-refractivity contribution < 1.29 is 13.2 Å². The first-order valence-electron chi connectivity index (χ1n) is 12.6. The first-order chi connectivity index (χ1) is 18.0. The summed E-state index contributed by atoms with van der Waals surface area (Å²) in [5.74, 6) is 0.139. The molecule has 1 saturated heterocycles. The fourth-order valence-electron chi connectivity index (χ4n) is 4.52. The largest absolute Gasteiger partial charge is 0.486 e. The first-order valence-corrected chi connectivity index (χ1v) is 14.6. The van der Waals surface area contributed by atoms with E-state index in [-0.39, 0.29) is 22.5 Å². The van der Waals surface area contributed by atoms with Gasteiger partial charge >= 0.3 is 5.56 Å². The van der Waals surface area contributed by atoms with Crippen LogP contribution in [0, 0.1) is 12.3 Å². The zero-order chi connectivity index (χ0) is 27.1. The molecule has 5 rings (SSSR count). The predicted molar refractivity (Wildman–Crippen MR) is 150 cm³/mol. The van der Waals surface area contributed by atoms with Crippen molar-refractivity contribution in [2.75, 3.05) is 43.4 Å². The van der Waals surface area contributed by atoms with Crippen molar-refractivity contribution in [2.45, 2.75) is 32.4 Å². The van der Waals surface area contributed by atoms with Gasteiger partial charge in [-0.25, -0.2) is 8.42 Å². The van der Waals surface area contributed by atoms with Crippen molar-refractivity contribution in [3.63, 3.8) is 0 Å². The van der Waals surface area contributed by atoms with Crippen LogP contribution in [0.1, 0.15) is 30.9 Å². The zero-order valence-corrected chi connectivity index (χ0v) is 23.1. The molecule has 11 heteroatoms. The normalized spacial score (nSPS) is 17.4. The quantitative estimate of drug-likeness (QED) is 0.421. The van der Waals surface area contributed by atoms with E-state index in [0.29, 0.717) is 60.4 Å². The Morgan fingerprint density at radius 1 is 1.11 bits per heavy atom. The van der Waals surface area contributed by atoms with Crippen LogP contribution in [-0.4, -0.2) is 55.3 Å². The molecule has 202 valence electrons. The lowest BCUT2D eigenvalue weighted by molar-refractivity contribution is 0.242. The number of aryl methyl sites for hydroxylation is 1. The van der Waals surface area contributed by atoms with E-state index in [9.17, 15) is 13.2 Å². The second-order valence-electron chi connectivity index (χ2n) is 10.5. The molecular weight excluding hydrogens is 526 g/mol. The Morgan fingerprint density at radius 2 is 1.84 bits per heavy atom. The summed E-state index contributed by atoms with van der Waals surface area (Å²) in [7, 11) is -3.52. The average Bonchev–Trinajstić information content (AvgIpc) is 3.62. The summed E-state index contributed by atoms with van der Waals surface area (Å²) in [4.78, 5) is 15.5. The number of anilines is 2. The molecule has 2 N–H and O–H groups in total. The van der Waals surface area contributed by atoms with Crippen LogP contribution >= 0.6 is 11.6 Å². The van der Waals surface area contributed by atoms with Crippen molar-refractivity contribution in [3.8, 4) is 11.4 Å². The lowest BCUT2D eigenvalue weighted by atomic mass is 10.1. The van der Waals surface area contributed by atoms with Crippen molar-refractivity contribution in [1.29, 1.82) is 0 Å². The van der Waals surface area contributed by atoms with Gasteiger partial charge in [0.25, 0.3) is 0 Å². The second-order valence-corrected chi connectivity index (χ2v) is 12.9. The molecule has 0 bridgehead atoms. The highest BCUT2D eigenvalue weighted by atomic mass is 35.5. The minimum absolute atomic E-state index is 0.0705. The minimum atomic E-state index is -3.52. The number of nitrogens with zero attached hydrogens (tertiary/aromatic N) is 4. The van der Waals surface area contributed by atoms with Crippen LogP contribution in [0.2, 0.25) is 5.02 Å². The van der Waals surface area contributed by atoms with E-state index < -0.39 is 10.0 Å². The van der Waals surface area contributed by atoms with Gasteiger partial charge in [0.15, 0.2) is 0 Å². The molecule has 2 heterocycles. The topological polar surface area (TPSA) is 111 Å². The van der Waals surface area contributed by atoms with E-state index in [1.807, 2.05) is 17.9 Å².